The second kappa shape index (κ2) is 7.60. The first kappa shape index (κ1) is 18.0. The van der Waals surface area contributed by atoms with E-state index in [2.05, 4.69) is 5.32 Å². The molecule has 0 aromatic heterocycles. The fourth-order valence-electron chi connectivity index (χ4n) is 3.49. The van der Waals surface area contributed by atoms with E-state index >= 15 is 0 Å². The molecule has 136 valence electrons. The standard InChI is InChI=1S/C21H24N2O3/c1-14(2)23-19(24)12-15-8-4-6-10-17(15)20(23)21(25)22-13-16-9-5-7-11-18(16)26-3/h4-11,14,20H,12-13H2,1-3H3,(H,22,25)/t20-/m0/s1. The number of nitrogens with zero attached hydrogens (tertiary/aromatic N) is 1. The highest BCUT2D eigenvalue weighted by Gasteiger charge is 2.38. The summed E-state index contributed by atoms with van der Waals surface area (Å²) >= 11 is 0. The Hall–Kier alpha value is -2.82. The van der Waals surface area contributed by atoms with Crippen molar-refractivity contribution >= 4 is 11.8 Å². The van der Waals surface area contributed by atoms with E-state index in [1.807, 2.05) is 62.4 Å². The van der Waals surface area contributed by atoms with Crippen molar-refractivity contribution in [2.75, 3.05) is 7.11 Å². The summed E-state index contributed by atoms with van der Waals surface area (Å²) in [5.74, 6) is 0.537. The Bertz CT molecular complexity index is 816. The SMILES string of the molecule is COc1ccccc1CNC(=O)[C@@H]1c2ccccc2CC(=O)N1C(C)C. The third-order valence-electron chi connectivity index (χ3n) is 4.71. The predicted octanol–water partition coefficient (Wildman–Crippen LogP) is 2.85. The Labute approximate surface area is 154 Å². The lowest BCUT2D eigenvalue weighted by Gasteiger charge is -2.39. The summed E-state index contributed by atoms with van der Waals surface area (Å²) in [6.07, 6.45) is 0.338. The molecule has 1 aliphatic heterocycles. The average Bonchev–Trinajstić information content (AvgIpc) is 2.64. The van der Waals surface area contributed by atoms with Gasteiger partial charge in [-0.25, -0.2) is 0 Å². The Morgan fingerprint density at radius 1 is 1.19 bits per heavy atom. The number of amides is 2. The molecule has 0 radical (unpaired) electrons. The zero-order valence-electron chi connectivity index (χ0n) is 15.4. The number of hydrogen-bond acceptors (Lipinski definition) is 3. The molecule has 3 rings (SSSR count). The highest BCUT2D eigenvalue weighted by molar-refractivity contribution is 5.92. The zero-order valence-corrected chi connectivity index (χ0v) is 15.4. The van der Waals surface area contributed by atoms with Gasteiger partial charge in [0.2, 0.25) is 11.8 Å². The van der Waals surface area contributed by atoms with Gasteiger partial charge in [0.05, 0.1) is 13.5 Å². The highest BCUT2D eigenvalue weighted by atomic mass is 16.5. The van der Waals surface area contributed by atoms with Crippen molar-refractivity contribution in [2.24, 2.45) is 0 Å². The molecule has 26 heavy (non-hydrogen) atoms. The minimum absolute atomic E-state index is 0.0175. The first-order chi connectivity index (χ1) is 12.5. The topological polar surface area (TPSA) is 58.6 Å². The van der Waals surface area contributed by atoms with E-state index < -0.39 is 6.04 Å². The van der Waals surface area contributed by atoms with Gasteiger partial charge in [-0.15, -0.1) is 0 Å². The number of carbonyl (C=O) groups excluding carboxylic acids is 2. The van der Waals surface area contributed by atoms with Crippen molar-refractivity contribution < 1.29 is 14.3 Å². The summed E-state index contributed by atoms with van der Waals surface area (Å²) in [6.45, 7) is 4.22. The fraction of sp³-hybridized carbons (Fsp3) is 0.333. The number of ether oxygens (including phenoxy) is 1. The molecular weight excluding hydrogens is 328 g/mol. The number of methoxy groups -OCH3 is 1. The van der Waals surface area contributed by atoms with Crippen LogP contribution in [0.15, 0.2) is 48.5 Å². The molecule has 1 atom stereocenters. The van der Waals surface area contributed by atoms with Crippen LogP contribution in [0.1, 0.15) is 36.6 Å². The van der Waals surface area contributed by atoms with Crippen molar-refractivity contribution in [2.45, 2.75) is 38.9 Å². The Kier molecular flexibility index (Phi) is 5.26. The van der Waals surface area contributed by atoms with Gasteiger partial charge in [-0.2, -0.15) is 0 Å². The van der Waals surface area contributed by atoms with Crippen LogP contribution in [-0.2, 0) is 22.6 Å². The van der Waals surface area contributed by atoms with Gasteiger partial charge in [0, 0.05) is 18.2 Å². The Balaban J connectivity index is 1.87. The molecule has 2 aromatic rings. The molecule has 1 N–H and O–H groups in total. The van der Waals surface area contributed by atoms with E-state index in [1.165, 1.54) is 0 Å². The van der Waals surface area contributed by atoms with Gasteiger partial charge in [-0.3, -0.25) is 9.59 Å². The monoisotopic (exact) mass is 352 g/mol. The fourth-order valence-corrected chi connectivity index (χ4v) is 3.49. The number of fused-ring (bicyclic) bond motifs is 1. The van der Waals surface area contributed by atoms with Gasteiger partial charge in [0.1, 0.15) is 11.8 Å². The second-order valence-corrected chi connectivity index (χ2v) is 6.70. The van der Waals surface area contributed by atoms with Crippen LogP contribution >= 0.6 is 0 Å². The normalized spacial score (nSPS) is 16.4. The van der Waals surface area contributed by atoms with Crippen LogP contribution in [0, 0.1) is 0 Å². The minimum Gasteiger partial charge on any atom is -0.496 e. The van der Waals surface area contributed by atoms with Crippen molar-refractivity contribution in [3.05, 3.63) is 65.2 Å². The largest absolute Gasteiger partial charge is 0.496 e. The molecule has 2 amide bonds. The van der Waals surface area contributed by atoms with Crippen LogP contribution in [-0.4, -0.2) is 29.9 Å². The van der Waals surface area contributed by atoms with E-state index in [-0.39, 0.29) is 17.9 Å². The highest BCUT2D eigenvalue weighted by Crippen LogP contribution is 2.32. The Morgan fingerprint density at radius 3 is 2.62 bits per heavy atom. The van der Waals surface area contributed by atoms with Crippen molar-refractivity contribution in [3.63, 3.8) is 0 Å². The van der Waals surface area contributed by atoms with Gasteiger partial charge in [-0.05, 0) is 31.0 Å². The zero-order chi connectivity index (χ0) is 18.7. The lowest BCUT2D eigenvalue weighted by molar-refractivity contribution is -0.143. The molecule has 0 bridgehead atoms. The lowest BCUT2D eigenvalue weighted by Crippen LogP contribution is -2.50. The molecule has 0 saturated heterocycles. The molecule has 1 heterocycles. The summed E-state index contributed by atoms with van der Waals surface area (Å²) in [7, 11) is 1.61. The van der Waals surface area contributed by atoms with Crippen molar-refractivity contribution in [1.82, 2.24) is 10.2 Å². The van der Waals surface area contributed by atoms with E-state index in [9.17, 15) is 9.59 Å². The maximum atomic E-state index is 13.0. The first-order valence-corrected chi connectivity index (χ1v) is 8.81. The van der Waals surface area contributed by atoms with Crippen LogP contribution < -0.4 is 10.1 Å². The number of carbonyl (C=O) groups is 2. The van der Waals surface area contributed by atoms with Gasteiger partial charge in [0.15, 0.2) is 0 Å². The molecular formula is C21H24N2O3. The van der Waals surface area contributed by atoms with Crippen LogP contribution in [0.25, 0.3) is 0 Å². The molecule has 0 unspecified atom stereocenters. The molecule has 2 aromatic carbocycles. The quantitative estimate of drug-likeness (QED) is 0.900. The van der Waals surface area contributed by atoms with E-state index in [0.717, 1.165) is 22.4 Å². The average molecular weight is 352 g/mol. The van der Waals surface area contributed by atoms with Crippen molar-refractivity contribution in [3.8, 4) is 5.75 Å². The van der Waals surface area contributed by atoms with Gasteiger partial charge >= 0.3 is 0 Å². The lowest BCUT2D eigenvalue weighted by atomic mass is 9.90. The van der Waals surface area contributed by atoms with Gasteiger partial charge in [0.25, 0.3) is 0 Å². The molecule has 5 nitrogen and oxygen atoms in total. The van der Waals surface area contributed by atoms with Crippen LogP contribution in [0.2, 0.25) is 0 Å². The molecule has 0 fully saturated rings. The molecule has 5 heteroatoms. The maximum absolute atomic E-state index is 13.0. The molecule has 0 spiro atoms. The number of nitrogens with one attached hydrogen (secondary N) is 1. The summed E-state index contributed by atoms with van der Waals surface area (Å²) in [6, 6.07) is 14.6. The number of rotatable bonds is 5. The molecule has 0 saturated carbocycles. The summed E-state index contributed by atoms with van der Waals surface area (Å²) in [5, 5.41) is 2.98. The number of hydrogen-bond donors (Lipinski definition) is 1. The maximum Gasteiger partial charge on any atom is 0.247 e. The van der Waals surface area contributed by atoms with Crippen LogP contribution in [0.4, 0.5) is 0 Å². The van der Waals surface area contributed by atoms with E-state index in [4.69, 9.17) is 4.74 Å². The first-order valence-electron chi connectivity index (χ1n) is 8.81. The van der Waals surface area contributed by atoms with Crippen LogP contribution in [0.3, 0.4) is 0 Å². The third-order valence-corrected chi connectivity index (χ3v) is 4.71. The smallest absolute Gasteiger partial charge is 0.247 e. The number of para-hydroxylation sites is 1. The summed E-state index contributed by atoms with van der Waals surface area (Å²) in [4.78, 5) is 27.3. The Morgan fingerprint density at radius 2 is 1.88 bits per heavy atom. The van der Waals surface area contributed by atoms with Gasteiger partial charge in [-0.1, -0.05) is 42.5 Å². The predicted molar refractivity (Wildman–Crippen MR) is 99.7 cm³/mol. The van der Waals surface area contributed by atoms with Gasteiger partial charge < -0.3 is 15.0 Å². The number of benzene rings is 2. The van der Waals surface area contributed by atoms with Crippen LogP contribution in [0.5, 0.6) is 5.75 Å². The second-order valence-electron chi connectivity index (χ2n) is 6.70. The van der Waals surface area contributed by atoms with E-state index in [1.54, 1.807) is 12.0 Å². The minimum atomic E-state index is -0.609. The molecule has 1 aliphatic rings. The van der Waals surface area contributed by atoms with E-state index in [0.29, 0.717) is 13.0 Å². The van der Waals surface area contributed by atoms with Crippen molar-refractivity contribution in [1.29, 1.82) is 0 Å². The molecule has 0 aliphatic carbocycles. The third kappa shape index (κ3) is 3.43. The summed E-state index contributed by atoms with van der Waals surface area (Å²) < 4.78 is 5.34. The summed E-state index contributed by atoms with van der Waals surface area (Å²) in [5.41, 5.74) is 2.72.